The molecule has 4 aromatic rings. The number of fused-ring (bicyclic) bond motifs is 1. The van der Waals surface area contributed by atoms with Gasteiger partial charge in [0, 0.05) is 17.1 Å². The van der Waals surface area contributed by atoms with E-state index in [2.05, 4.69) is 25.9 Å². The number of aryl methyl sites for hydroxylation is 1. The first-order valence-electron chi connectivity index (χ1n) is 8.25. The lowest BCUT2D eigenvalue weighted by Gasteiger charge is -2.07. The number of methoxy groups -OCH3 is 1. The van der Waals surface area contributed by atoms with E-state index in [0.717, 1.165) is 32.6 Å². The topological polar surface area (TPSA) is 79.9 Å². The van der Waals surface area contributed by atoms with E-state index in [0.29, 0.717) is 11.0 Å². The smallest absolute Gasteiger partial charge is 0.329 e. The number of H-pyrrole nitrogens is 2. The molecule has 0 amide bonds. The van der Waals surface area contributed by atoms with Gasteiger partial charge in [0.25, 0.3) is 5.56 Å². The van der Waals surface area contributed by atoms with E-state index in [9.17, 15) is 9.59 Å². The van der Waals surface area contributed by atoms with Gasteiger partial charge in [0.2, 0.25) is 0 Å². The molecule has 2 aromatic carbocycles. The number of rotatable bonds is 3. The molecule has 0 atom stereocenters. The molecule has 0 saturated carbocycles. The molecule has 0 radical (unpaired) electrons. The van der Waals surface area contributed by atoms with Gasteiger partial charge in [0.15, 0.2) is 0 Å². The molecule has 0 aliphatic heterocycles. The van der Waals surface area contributed by atoms with E-state index < -0.39 is 11.2 Å². The second-order valence-corrected chi connectivity index (χ2v) is 7.07. The SMILES string of the molecule is COc1ccc(-c2c(-c3ccc(Br)cc3)[nH]c3c2c(=O)[nH]c(=O)n3C)cc1. The van der Waals surface area contributed by atoms with Gasteiger partial charge in [-0.2, -0.15) is 0 Å². The third kappa shape index (κ3) is 2.90. The largest absolute Gasteiger partial charge is 0.497 e. The lowest BCUT2D eigenvalue weighted by atomic mass is 9.99. The van der Waals surface area contributed by atoms with Crippen molar-refractivity contribution < 1.29 is 4.74 Å². The van der Waals surface area contributed by atoms with E-state index in [1.165, 1.54) is 4.57 Å². The molecular formula is C20H16BrN3O3. The maximum atomic E-state index is 12.6. The fourth-order valence-corrected chi connectivity index (χ4v) is 3.45. The highest BCUT2D eigenvalue weighted by molar-refractivity contribution is 9.10. The quantitative estimate of drug-likeness (QED) is 0.525. The van der Waals surface area contributed by atoms with Gasteiger partial charge < -0.3 is 9.72 Å². The van der Waals surface area contributed by atoms with Crippen molar-refractivity contribution in [2.45, 2.75) is 0 Å². The maximum absolute atomic E-state index is 12.6. The van der Waals surface area contributed by atoms with Crippen LogP contribution in [0.2, 0.25) is 0 Å². The Morgan fingerprint density at radius 2 is 1.56 bits per heavy atom. The standard InChI is InChI=1S/C20H16BrN3O3/c1-24-18-16(19(25)23-20(24)26)15(11-5-9-14(27-2)10-6-11)17(22-18)12-3-7-13(21)8-4-12/h3-10,22H,1-2H3,(H,23,25,26). The van der Waals surface area contributed by atoms with Crippen molar-refractivity contribution in [3.63, 3.8) is 0 Å². The molecule has 0 bridgehead atoms. The van der Waals surface area contributed by atoms with Crippen LogP contribution in [-0.2, 0) is 7.05 Å². The molecule has 136 valence electrons. The summed E-state index contributed by atoms with van der Waals surface area (Å²) in [4.78, 5) is 30.3. The van der Waals surface area contributed by atoms with Crippen molar-refractivity contribution in [2.75, 3.05) is 7.11 Å². The first-order chi connectivity index (χ1) is 13.0. The maximum Gasteiger partial charge on any atom is 0.329 e. The van der Waals surface area contributed by atoms with E-state index in [-0.39, 0.29) is 0 Å². The van der Waals surface area contributed by atoms with Crippen molar-refractivity contribution >= 4 is 27.0 Å². The first kappa shape index (κ1) is 17.4. The molecule has 0 spiro atoms. The molecule has 27 heavy (non-hydrogen) atoms. The number of aromatic amines is 2. The predicted molar refractivity (Wildman–Crippen MR) is 109 cm³/mol. The van der Waals surface area contributed by atoms with Crippen LogP contribution in [0.15, 0.2) is 62.6 Å². The average Bonchev–Trinajstić information content (AvgIpc) is 3.08. The number of hydrogen-bond acceptors (Lipinski definition) is 3. The Morgan fingerprint density at radius 1 is 0.926 bits per heavy atom. The Balaban J connectivity index is 2.11. The highest BCUT2D eigenvalue weighted by Gasteiger charge is 2.20. The second-order valence-electron chi connectivity index (χ2n) is 6.15. The Kier molecular flexibility index (Phi) is 4.24. The fourth-order valence-electron chi connectivity index (χ4n) is 3.18. The molecule has 0 saturated heterocycles. The zero-order chi connectivity index (χ0) is 19.1. The highest BCUT2D eigenvalue weighted by Crippen LogP contribution is 2.37. The van der Waals surface area contributed by atoms with Crippen LogP contribution in [0.3, 0.4) is 0 Å². The second kappa shape index (κ2) is 6.59. The molecule has 2 N–H and O–H groups in total. The van der Waals surface area contributed by atoms with Gasteiger partial charge in [-0.15, -0.1) is 0 Å². The van der Waals surface area contributed by atoms with Gasteiger partial charge in [-0.05, 0) is 35.4 Å². The zero-order valence-corrected chi connectivity index (χ0v) is 16.3. The van der Waals surface area contributed by atoms with Gasteiger partial charge in [-0.1, -0.05) is 40.2 Å². The van der Waals surface area contributed by atoms with Crippen LogP contribution in [0.25, 0.3) is 33.4 Å². The van der Waals surface area contributed by atoms with Crippen molar-refractivity contribution in [2.24, 2.45) is 7.05 Å². The molecule has 2 aromatic heterocycles. The van der Waals surface area contributed by atoms with Crippen LogP contribution in [0, 0.1) is 0 Å². The summed E-state index contributed by atoms with van der Waals surface area (Å²) in [5.74, 6) is 0.727. The minimum Gasteiger partial charge on any atom is -0.497 e. The number of hydrogen-bond donors (Lipinski definition) is 2. The first-order valence-corrected chi connectivity index (χ1v) is 9.04. The average molecular weight is 426 g/mol. The molecular weight excluding hydrogens is 410 g/mol. The van der Waals surface area contributed by atoms with Crippen LogP contribution in [-0.4, -0.2) is 21.6 Å². The molecule has 7 heteroatoms. The molecule has 0 fully saturated rings. The van der Waals surface area contributed by atoms with Gasteiger partial charge in [-0.25, -0.2) is 4.79 Å². The monoisotopic (exact) mass is 425 g/mol. The Labute approximate surface area is 162 Å². The number of ether oxygens (including phenoxy) is 1. The minimum absolute atomic E-state index is 0.418. The summed E-state index contributed by atoms with van der Waals surface area (Å²) < 4.78 is 7.60. The van der Waals surface area contributed by atoms with Crippen LogP contribution < -0.4 is 16.0 Å². The number of nitrogens with zero attached hydrogens (tertiary/aromatic N) is 1. The summed E-state index contributed by atoms with van der Waals surface area (Å²) in [5, 5.41) is 0.445. The molecule has 4 rings (SSSR count). The van der Waals surface area contributed by atoms with Crippen LogP contribution >= 0.6 is 15.9 Å². The van der Waals surface area contributed by atoms with Crippen LogP contribution in [0.4, 0.5) is 0 Å². The highest BCUT2D eigenvalue weighted by atomic mass is 79.9. The number of halogens is 1. The van der Waals surface area contributed by atoms with Crippen molar-refractivity contribution in [3.8, 4) is 28.1 Å². The molecule has 0 aliphatic rings. The van der Waals surface area contributed by atoms with E-state index in [1.54, 1.807) is 14.2 Å². The van der Waals surface area contributed by atoms with Gasteiger partial charge in [0.1, 0.15) is 11.4 Å². The zero-order valence-electron chi connectivity index (χ0n) is 14.7. The third-order valence-corrected chi connectivity index (χ3v) is 5.11. The summed E-state index contributed by atoms with van der Waals surface area (Å²) in [5.41, 5.74) is 2.88. The van der Waals surface area contributed by atoms with E-state index in [1.807, 2.05) is 48.5 Å². The molecule has 2 heterocycles. The van der Waals surface area contributed by atoms with Crippen LogP contribution in [0.1, 0.15) is 0 Å². The van der Waals surface area contributed by atoms with Gasteiger partial charge in [-0.3, -0.25) is 14.3 Å². The summed E-state index contributed by atoms with van der Waals surface area (Å²) in [6.45, 7) is 0. The number of nitrogens with one attached hydrogen (secondary N) is 2. The van der Waals surface area contributed by atoms with Gasteiger partial charge >= 0.3 is 5.69 Å². The predicted octanol–water partition coefficient (Wildman–Crippen LogP) is 3.66. The third-order valence-electron chi connectivity index (χ3n) is 4.58. The lowest BCUT2D eigenvalue weighted by Crippen LogP contribution is -2.28. The van der Waals surface area contributed by atoms with Crippen LogP contribution in [0.5, 0.6) is 5.75 Å². The Morgan fingerprint density at radius 3 is 2.19 bits per heavy atom. The number of benzene rings is 2. The summed E-state index contributed by atoms with van der Waals surface area (Å²) in [6.07, 6.45) is 0. The molecule has 0 unspecified atom stereocenters. The fraction of sp³-hybridized carbons (Fsp3) is 0.100. The van der Waals surface area contributed by atoms with E-state index >= 15 is 0 Å². The minimum atomic E-state index is -0.461. The van der Waals surface area contributed by atoms with Crippen molar-refractivity contribution in [1.82, 2.24) is 14.5 Å². The normalized spacial score (nSPS) is 11.1. The summed E-state index contributed by atoms with van der Waals surface area (Å²) >= 11 is 3.44. The van der Waals surface area contributed by atoms with Gasteiger partial charge in [0.05, 0.1) is 18.2 Å². The molecule has 0 aliphatic carbocycles. The van der Waals surface area contributed by atoms with Crippen molar-refractivity contribution in [1.29, 1.82) is 0 Å². The number of aromatic nitrogens is 3. The Bertz CT molecular complexity index is 1250. The Hall–Kier alpha value is -3.06. The van der Waals surface area contributed by atoms with Crippen molar-refractivity contribution in [3.05, 3.63) is 73.8 Å². The summed E-state index contributed by atoms with van der Waals surface area (Å²) in [7, 11) is 3.23. The molecule has 6 nitrogen and oxygen atoms in total. The summed E-state index contributed by atoms with van der Waals surface area (Å²) in [6, 6.07) is 15.3. The lowest BCUT2D eigenvalue weighted by molar-refractivity contribution is 0.415. The van der Waals surface area contributed by atoms with E-state index in [4.69, 9.17) is 4.74 Å².